The van der Waals surface area contributed by atoms with E-state index in [1.165, 1.54) is 0 Å². The van der Waals surface area contributed by atoms with Crippen LogP contribution in [0.3, 0.4) is 0 Å². The number of hydrogen-bond acceptors (Lipinski definition) is 4. The Morgan fingerprint density at radius 1 is 1.14 bits per heavy atom. The highest BCUT2D eigenvalue weighted by atomic mass is 19.3. The number of alkyl halides is 2. The Hall–Kier alpha value is -3.53. The normalized spacial score (nSPS) is 16.4. The monoisotopic (exact) mass is 488 g/mol. The summed E-state index contributed by atoms with van der Waals surface area (Å²) >= 11 is 0. The number of nitriles is 1. The minimum atomic E-state index is -2.54. The summed E-state index contributed by atoms with van der Waals surface area (Å²) in [5.41, 5.74) is 6.84. The number of benzene rings is 1. The Balaban J connectivity index is 1.58. The number of rotatable bonds is 5. The van der Waals surface area contributed by atoms with Gasteiger partial charge in [-0.2, -0.15) is 5.26 Å². The topological polar surface area (TPSA) is 67.6 Å². The second kappa shape index (κ2) is 8.85. The van der Waals surface area contributed by atoms with E-state index in [0.717, 1.165) is 50.3 Å². The van der Waals surface area contributed by atoms with Crippen LogP contribution in [0.2, 0.25) is 0 Å². The minimum Gasteiger partial charge on any atom is -0.361 e. The summed E-state index contributed by atoms with van der Waals surface area (Å²) in [5.74, 6) is -1.62. The van der Waals surface area contributed by atoms with Gasteiger partial charge in [-0.25, -0.2) is 8.78 Å². The molecule has 36 heavy (non-hydrogen) atoms. The third kappa shape index (κ3) is 4.41. The van der Waals surface area contributed by atoms with Crippen molar-refractivity contribution in [1.29, 1.82) is 5.26 Å². The van der Waals surface area contributed by atoms with Crippen molar-refractivity contribution in [3.05, 3.63) is 59.7 Å². The lowest BCUT2D eigenvalue weighted by atomic mass is 9.85. The molecule has 7 heteroatoms. The maximum Gasteiger partial charge on any atom is 0.248 e. The molecule has 0 amide bonds. The van der Waals surface area contributed by atoms with E-state index in [-0.39, 0.29) is 18.8 Å². The molecule has 0 spiro atoms. The van der Waals surface area contributed by atoms with Crippen molar-refractivity contribution >= 4 is 11.0 Å². The molecule has 5 rings (SSSR count). The molecule has 1 aliphatic rings. The lowest BCUT2D eigenvalue weighted by Gasteiger charge is -2.28. The first kappa shape index (κ1) is 24.2. The third-order valence-electron chi connectivity index (χ3n) is 7.53. The molecule has 0 radical (unpaired) electrons. The van der Waals surface area contributed by atoms with E-state index < -0.39 is 11.3 Å². The average molecular weight is 489 g/mol. The van der Waals surface area contributed by atoms with Gasteiger partial charge >= 0.3 is 0 Å². The fourth-order valence-corrected chi connectivity index (χ4v) is 5.25. The molecule has 1 aromatic carbocycles. The lowest BCUT2D eigenvalue weighted by molar-refractivity contribution is -0.0472. The Morgan fingerprint density at radius 3 is 2.44 bits per heavy atom. The molecule has 3 heterocycles. The molecule has 0 aliphatic heterocycles. The van der Waals surface area contributed by atoms with Gasteiger partial charge in [-0.15, -0.1) is 0 Å². The van der Waals surface area contributed by atoms with Gasteiger partial charge in [-0.1, -0.05) is 29.4 Å². The van der Waals surface area contributed by atoms with Gasteiger partial charge in [0.25, 0.3) is 0 Å². The number of pyridine rings is 1. The molecule has 3 aromatic heterocycles. The van der Waals surface area contributed by atoms with Gasteiger partial charge in [0.05, 0.1) is 28.2 Å². The maximum atomic E-state index is 13.8. The van der Waals surface area contributed by atoms with Crippen LogP contribution in [0, 0.1) is 31.1 Å². The SMILES string of the molecule is Cc1noc(C)c1-c1cnc2c(-c3ccc(C(C)(C)C#N)cc3)cn(CC3CCC(F)(F)CC3)c2c1. The average Bonchev–Trinajstić information content (AvgIpc) is 3.39. The van der Waals surface area contributed by atoms with Crippen molar-refractivity contribution in [2.45, 2.75) is 71.3 Å². The lowest BCUT2D eigenvalue weighted by Crippen LogP contribution is -2.26. The third-order valence-corrected chi connectivity index (χ3v) is 7.53. The summed E-state index contributed by atoms with van der Waals surface area (Å²) in [4.78, 5) is 4.86. The van der Waals surface area contributed by atoms with Crippen LogP contribution < -0.4 is 0 Å². The number of aryl methyl sites for hydroxylation is 2. The van der Waals surface area contributed by atoms with E-state index in [1.54, 1.807) is 0 Å². The van der Waals surface area contributed by atoms with Gasteiger partial charge in [0.1, 0.15) is 5.76 Å². The molecule has 1 fully saturated rings. The Bertz CT molecular complexity index is 1430. The molecule has 0 saturated heterocycles. The molecular formula is C29H30F2N4O. The molecule has 1 aliphatic carbocycles. The number of fused-ring (bicyclic) bond motifs is 1. The Morgan fingerprint density at radius 2 is 1.83 bits per heavy atom. The highest BCUT2D eigenvalue weighted by Crippen LogP contribution is 2.39. The molecule has 5 nitrogen and oxygen atoms in total. The molecular weight excluding hydrogens is 458 g/mol. The highest BCUT2D eigenvalue weighted by molar-refractivity contribution is 5.95. The number of nitrogens with zero attached hydrogens (tertiary/aromatic N) is 4. The van der Waals surface area contributed by atoms with Crippen molar-refractivity contribution in [3.8, 4) is 28.3 Å². The first-order valence-electron chi connectivity index (χ1n) is 12.4. The Labute approximate surface area is 209 Å². The molecule has 4 aromatic rings. The van der Waals surface area contributed by atoms with Crippen LogP contribution in [0.1, 0.15) is 56.5 Å². The van der Waals surface area contributed by atoms with E-state index >= 15 is 0 Å². The summed E-state index contributed by atoms with van der Waals surface area (Å²) in [5, 5.41) is 13.6. The van der Waals surface area contributed by atoms with Gasteiger partial charge < -0.3 is 9.09 Å². The standard InChI is InChI=1S/C29H30F2N4O/c1-18-26(19(2)36-34-18)22-13-25-27(33-14-22)24(21-5-7-23(8-6-21)28(3,4)17-32)16-35(25)15-20-9-11-29(30,31)12-10-20/h5-8,13-14,16,20H,9-12,15H2,1-4H3. The predicted octanol–water partition coefficient (Wildman–Crippen LogP) is 7.60. The van der Waals surface area contributed by atoms with Crippen LogP contribution >= 0.6 is 0 Å². The van der Waals surface area contributed by atoms with Crippen LogP contribution in [-0.4, -0.2) is 20.6 Å². The van der Waals surface area contributed by atoms with Crippen molar-refractivity contribution < 1.29 is 13.3 Å². The van der Waals surface area contributed by atoms with Gasteiger partial charge in [0.15, 0.2) is 0 Å². The molecule has 1 saturated carbocycles. The van der Waals surface area contributed by atoms with E-state index in [1.807, 2.05) is 58.2 Å². The summed E-state index contributed by atoms with van der Waals surface area (Å²) in [6.45, 7) is 8.26. The van der Waals surface area contributed by atoms with E-state index in [4.69, 9.17) is 9.51 Å². The van der Waals surface area contributed by atoms with E-state index in [9.17, 15) is 14.0 Å². The summed E-state index contributed by atoms with van der Waals surface area (Å²) in [7, 11) is 0. The number of halogens is 2. The zero-order chi connectivity index (χ0) is 25.7. The summed E-state index contributed by atoms with van der Waals surface area (Å²) in [6.07, 6.45) is 4.85. The van der Waals surface area contributed by atoms with E-state index in [2.05, 4.69) is 28.1 Å². The van der Waals surface area contributed by atoms with Crippen LogP contribution in [0.15, 0.2) is 47.2 Å². The second-order valence-electron chi connectivity index (χ2n) is 10.6. The quantitative estimate of drug-likeness (QED) is 0.290. The van der Waals surface area contributed by atoms with Crippen LogP contribution in [0.4, 0.5) is 8.78 Å². The van der Waals surface area contributed by atoms with Gasteiger partial charge in [-0.05, 0) is 63.6 Å². The largest absolute Gasteiger partial charge is 0.361 e. The molecule has 0 N–H and O–H groups in total. The smallest absolute Gasteiger partial charge is 0.248 e. The Kier molecular flexibility index (Phi) is 5.94. The first-order valence-corrected chi connectivity index (χ1v) is 12.4. The first-order chi connectivity index (χ1) is 17.1. The van der Waals surface area contributed by atoms with Crippen LogP contribution in [0.25, 0.3) is 33.3 Å². The molecule has 0 unspecified atom stereocenters. The maximum absolute atomic E-state index is 13.8. The van der Waals surface area contributed by atoms with Crippen LogP contribution in [0.5, 0.6) is 0 Å². The fraction of sp³-hybridized carbons (Fsp3) is 0.414. The zero-order valence-corrected chi connectivity index (χ0v) is 21.1. The fourth-order valence-electron chi connectivity index (χ4n) is 5.25. The molecule has 186 valence electrons. The zero-order valence-electron chi connectivity index (χ0n) is 21.1. The highest BCUT2D eigenvalue weighted by Gasteiger charge is 2.35. The number of aromatic nitrogens is 3. The van der Waals surface area contributed by atoms with Crippen molar-refractivity contribution in [2.75, 3.05) is 0 Å². The van der Waals surface area contributed by atoms with Gasteiger partial charge in [0, 0.05) is 48.5 Å². The molecule has 0 bridgehead atoms. The van der Waals surface area contributed by atoms with Gasteiger partial charge in [0.2, 0.25) is 5.92 Å². The summed E-state index contributed by atoms with van der Waals surface area (Å²) in [6, 6.07) is 12.5. The van der Waals surface area contributed by atoms with Crippen molar-refractivity contribution in [1.82, 2.24) is 14.7 Å². The van der Waals surface area contributed by atoms with Crippen molar-refractivity contribution in [2.24, 2.45) is 5.92 Å². The minimum absolute atomic E-state index is 0.0531. The number of hydrogen-bond donors (Lipinski definition) is 0. The van der Waals surface area contributed by atoms with Gasteiger partial charge in [-0.3, -0.25) is 4.98 Å². The second-order valence-corrected chi connectivity index (χ2v) is 10.6. The summed E-state index contributed by atoms with van der Waals surface area (Å²) < 4.78 is 35.1. The van der Waals surface area contributed by atoms with Crippen LogP contribution in [-0.2, 0) is 12.0 Å². The predicted molar refractivity (Wildman–Crippen MR) is 136 cm³/mol. The van der Waals surface area contributed by atoms with E-state index in [0.29, 0.717) is 19.4 Å². The molecule has 0 atom stereocenters. The van der Waals surface area contributed by atoms with Crippen molar-refractivity contribution in [3.63, 3.8) is 0 Å².